The van der Waals surface area contributed by atoms with Gasteiger partial charge in [-0.3, -0.25) is 9.36 Å². The second-order valence-corrected chi connectivity index (χ2v) is 9.85. The fourth-order valence-corrected chi connectivity index (χ4v) is 3.90. The molecule has 3 aromatic heterocycles. The van der Waals surface area contributed by atoms with E-state index >= 15 is 0 Å². The summed E-state index contributed by atoms with van der Waals surface area (Å²) in [5.41, 5.74) is 1.85. The molecule has 0 aromatic carbocycles. The molecule has 0 atom stereocenters. The average Bonchev–Trinajstić information content (AvgIpc) is 2.69. The third kappa shape index (κ3) is 4.59. The largest absolute Gasteiger partial charge is 0.361 e. The lowest BCUT2D eigenvalue weighted by Gasteiger charge is -2.15. The van der Waals surface area contributed by atoms with Crippen LogP contribution < -0.4 is 10.9 Å². The molecule has 160 valence electrons. The zero-order chi connectivity index (χ0) is 22.1. The van der Waals surface area contributed by atoms with Crippen molar-refractivity contribution in [2.45, 2.75) is 45.8 Å². The SMILES string of the molecule is CCS(=O)(=O)c1ccc(CNc2nc3c(C)nc(Cl)nc3n(CC(C)C)c2=O)cn1. The molecule has 3 aromatic rings. The van der Waals surface area contributed by atoms with Gasteiger partial charge < -0.3 is 5.32 Å². The van der Waals surface area contributed by atoms with Crippen molar-refractivity contribution in [3.63, 3.8) is 0 Å². The minimum Gasteiger partial charge on any atom is -0.361 e. The molecule has 1 N–H and O–H groups in total. The van der Waals surface area contributed by atoms with E-state index in [2.05, 4.69) is 25.3 Å². The fraction of sp³-hybridized carbons (Fsp3) is 0.421. The molecule has 9 nitrogen and oxygen atoms in total. The second-order valence-electron chi connectivity index (χ2n) is 7.28. The van der Waals surface area contributed by atoms with Gasteiger partial charge in [-0.25, -0.2) is 23.4 Å². The summed E-state index contributed by atoms with van der Waals surface area (Å²) in [4.78, 5) is 29.8. The monoisotopic (exact) mass is 450 g/mol. The zero-order valence-corrected chi connectivity index (χ0v) is 18.8. The number of nitrogens with zero attached hydrogens (tertiary/aromatic N) is 5. The Labute approximate surface area is 179 Å². The molecule has 0 aliphatic heterocycles. The van der Waals surface area contributed by atoms with Gasteiger partial charge in [0.25, 0.3) is 5.56 Å². The molecule has 0 amide bonds. The van der Waals surface area contributed by atoms with Crippen molar-refractivity contribution < 1.29 is 8.42 Å². The molecule has 11 heteroatoms. The average molecular weight is 451 g/mol. The van der Waals surface area contributed by atoms with Crippen LogP contribution in [0.15, 0.2) is 28.2 Å². The van der Waals surface area contributed by atoms with Crippen LogP contribution in [0.2, 0.25) is 5.28 Å². The molecule has 0 saturated heterocycles. The van der Waals surface area contributed by atoms with E-state index in [4.69, 9.17) is 11.6 Å². The van der Waals surface area contributed by atoms with E-state index in [0.29, 0.717) is 29.0 Å². The second kappa shape index (κ2) is 8.65. The van der Waals surface area contributed by atoms with Gasteiger partial charge in [-0.1, -0.05) is 26.8 Å². The Morgan fingerprint density at radius 1 is 1.20 bits per heavy atom. The summed E-state index contributed by atoms with van der Waals surface area (Å²) in [6.45, 7) is 8.03. The third-order valence-electron chi connectivity index (χ3n) is 4.44. The number of aromatic nitrogens is 5. The maximum absolute atomic E-state index is 13.0. The Bertz CT molecular complexity index is 1240. The van der Waals surface area contributed by atoms with Crippen LogP contribution in [-0.2, 0) is 22.9 Å². The normalized spacial score (nSPS) is 11.9. The van der Waals surface area contributed by atoms with Crippen molar-refractivity contribution in [1.29, 1.82) is 0 Å². The number of hydrogen-bond acceptors (Lipinski definition) is 8. The Hall–Kier alpha value is -2.59. The van der Waals surface area contributed by atoms with E-state index in [0.717, 1.165) is 0 Å². The quantitative estimate of drug-likeness (QED) is 0.545. The topological polar surface area (TPSA) is 120 Å². The Kier molecular flexibility index (Phi) is 6.37. The van der Waals surface area contributed by atoms with E-state index in [9.17, 15) is 13.2 Å². The number of anilines is 1. The van der Waals surface area contributed by atoms with Crippen LogP contribution in [0, 0.1) is 12.8 Å². The number of hydrogen-bond donors (Lipinski definition) is 1. The van der Waals surface area contributed by atoms with Crippen molar-refractivity contribution in [3.8, 4) is 0 Å². The molecule has 0 spiro atoms. The van der Waals surface area contributed by atoms with Crippen LogP contribution in [0.25, 0.3) is 11.2 Å². The van der Waals surface area contributed by atoms with Gasteiger partial charge >= 0.3 is 0 Å². The molecule has 0 aliphatic carbocycles. The molecule has 0 bridgehead atoms. The molecule has 30 heavy (non-hydrogen) atoms. The molecule has 0 radical (unpaired) electrons. The highest BCUT2D eigenvalue weighted by molar-refractivity contribution is 7.91. The van der Waals surface area contributed by atoms with E-state index in [1.807, 2.05) is 13.8 Å². The summed E-state index contributed by atoms with van der Waals surface area (Å²) in [5, 5.41) is 3.12. The fourth-order valence-electron chi connectivity index (χ4n) is 2.90. The number of pyridine rings is 1. The number of sulfone groups is 1. The van der Waals surface area contributed by atoms with E-state index in [1.165, 1.54) is 12.3 Å². The van der Waals surface area contributed by atoms with Crippen molar-refractivity contribution in [1.82, 2.24) is 24.5 Å². The summed E-state index contributed by atoms with van der Waals surface area (Å²) in [6, 6.07) is 3.12. The standard InChI is InChI=1S/C19H23ClN6O3S/c1-5-30(28,29)14-7-6-13(8-21-14)9-22-16-18(27)26(10-11(2)3)17-15(24-16)12(4)23-19(20)25-17/h6-8,11H,5,9-10H2,1-4H3,(H,22,24). The van der Waals surface area contributed by atoms with Crippen LogP contribution in [0.4, 0.5) is 5.82 Å². The first-order valence-corrected chi connectivity index (χ1v) is 11.5. The lowest BCUT2D eigenvalue weighted by Crippen LogP contribution is -2.28. The molecule has 0 fully saturated rings. The molecular weight excluding hydrogens is 428 g/mol. The lowest BCUT2D eigenvalue weighted by molar-refractivity contribution is 0.520. The van der Waals surface area contributed by atoms with Crippen LogP contribution >= 0.6 is 11.6 Å². The minimum atomic E-state index is -3.36. The summed E-state index contributed by atoms with van der Waals surface area (Å²) in [7, 11) is -3.36. The molecule has 3 heterocycles. The predicted octanol–water partition coefficient (Wildman–Crippen LogP) is 2.61. The van der Waals surface area contributed by atoms with E-state index in [-0.39, 0.29) is 39.9 Å². The number of halogens is 1. The van der Waals surface area contributed by atoms with Crippen LogP contribution in [0.1, 0.15) is 32.0 Å². The van der Waals surface area contributed by atoms with Crippen molar-refractivity contribution in [2.75, 3.05) is 11.1 Å². The Balaban J connectivity index is 1.96. The summed E-state index contributed by atoms with van der Waals surface area (Å²) >= 11 is 5.99. The smallest absolute Gasteiger partial charge is 0.294 e. The number of fused-ring (bicyclic) bond motifs is 1. The maximum Gasteiger partial charge on any atom is 0.294 e. The van der Waals surface area contributed by atoms with Gasteiger partial charge in [0, 0.05) is 19.3 Å². The summed E-state index contributed by atoms with van der Waals surface area (Å²) < 4.78 is 25.3. The third-order valence-corrected chi connectivity index (χ3v) is 6.25. The van der Waals surface area contributed by atoms with Gasteiger partial charge in [0.2, 0.25) is 5.28 Å². The number of nitrogens with one attached hydrogen (secondary N) is 1. The molecule has 0 aliphatic rings. The first-order chi connectivity index (χ1) is 14.1. The lowest BCUT2D eigenvalue weighted by atomic mass is 10.2. The molecular formula is C19H23ClN6O3S. The van der Waals surface area contributed by atoms with Crippen LogP contribution in [0.5, 0.6) is 0 Å². The highest BCUT2D eigenvalue weighted by Crippen LogP contribution is 2.17. The molecule has 3 rings (SSSR count). The summed E-state index contributed by atoms with van der Waals surface area (Å²) in [5.74, 6) is 0.342. The Morgan fingerprint density at radius 3 is 2.53 bits per heavy atom. The van der Waals surface area contributed by atoms with Gasteiger partial charge in [-0.2, -0.15) is 4.98 Å². The summed E-state index contributed by atoms with van der Waals surface area (Å²) in [6.07, 6.45) is 1.47. The van der Waals surface area contributed by atoms with Crippen molar-refractivity contribution >= 4 is 38.4 Å². The molecule has 0 unspecified atom stereocenters. The van der Waals surface area contributed by atoms with Crippen molar-refractivity contribution in [3.05, 3.63) is 45.2 Å². The van der Waals surface area contributed by atoms with Gasteiger partial charge in [0.1, 0.15) is 5.52 Å². The van der Waals surface area contributed by atoms with Gasteiger partial charge in [0.05, 0.1) is 11.4 Å². The first kappa shape index (κ1) is 22.1. The zero-order valence-electron chi connectivity index (χ0n) is 17.2. The van der Waals surface area contributed by atoms with Gasteiger partial charge in [-0.15, -0.1) is 0 Å². The van der Waals surface area contributed by atoms with Gasteiger partial charge in [0.15, 0.2) is 26.3 Å². The number of aryl methyl sites for hydroxylation is 1. The van der Waals surface area contributed by atoms with Crippen LogP contribution in [-0.4, -0.2) is 38.7 Å². The van der Waals surface area contributed by atoms with E-state index in [1.54, 1.807) is 24.5 Å². The number of rotatable bonds is 7. The maximum atomic E-state index is 13.0. The van der Waals surface area contributed by atoms with Crippen molar-refractivity contribution in [2.24, 2.45) is 5.92 Å². The Morgan fingerprint density at radius 2 is 1.93 bits per heavy atom. The predicted molar refractivity (Wildman–Crippen MR) is 115 cm³/mol. The minimum absolute atomic E-state index is 0.0144. The first-order valence-electron chi connectivity index (χ1n) is 9.48. The van der Waals surface area contributed by atoms with E-state index < -0.39 is 9.84 Å². The molecule has 0 saturated carbocycles. The highest BCUT2D eigenvalue weighted by Gasteiger charge is 2.17. The van der Waals surface area contributed by atoms with Gasteiger partial charge in [-0.05, 0) is 36.1 Å². The van der Waals surface area contributed by atoms with Crippen LogP contribution in [0.3, 0.4) is 0 Å². The highest BCUT2D eigenvalue weighted by atomic mass is 35.5.